The van der Waals surface area contributed by atoms with E-state index in [1.807, 2.05) is 72.8 Å². The summed E-state index contributed by atoms with van der Waals surface area (Å²) in [6, 6.07) is 41.0. The number of hydrogen-bond acceptors (Lipinski definition) is 6. The molecule has 9 rings (SSSR count). The first-order valence-corrected chi connectivity index (χ1v) is 25.4. The number of hydrogen-bond donors (Lipinski definition) is 2. The fraction of sp³-hybridized carbons (Fsp3) is 0.154. The number of rotatable bonds is 16. The van der Waals surface area contributed by atoms with Crippen molar-refractivity contribution in [3.05, 3.63) is 144 Å². The number of H-pyrrole nitrogens is 2. The predicted molar refractivity (Wildman–Crippen MR) is 278 cm³/mol. The maximum absolute atomic E-state index is 6.39. The average molecular weight is 1110 g/mol. The fourth-order valence-corrected chi connectivity index (χ4v) is 8.78. The molecule has 0 saturated heterocycles. The number of fused-ring (bicyclic) bond motifs is 8. The van der Waals surface area contributed by atoms with Gasteiger partial charge >= 0.3 is 0 Å². The average Bonchev–Trinajstić information content (AvgIpc) is 4.19. The topological polar surface area (TPSA) is 94.3 Å². The zero-order chi connectivity index (χ0) is 43.8. The molecule has 0 amide bonds. The summed E-state index contributed by atoms with van der Waals surface area (Å²) in [6.45, 7) is 1.99. The molecule has 0 fully saturated rings. The first-order chi connectivity index (χ1) is 31.6. The van der Waals surface area contributed by atoms with Crippen molar-refractivity contribution >= 4 is 110 Å². The van der Waals surface area contributed by atoms with Gasteiger partial charge < -0.3 is 28.9 Å². The van der Waals surface area contributed by atoms with Crippen molar-refractivity contribution in [1.29, 1.82) is 0 Å². The highest BCUT2D eigenvalue weighted by Gasteiger charge is 2.23. The number of para-hydroxylation sites is 4. The summed E-state index contributed by atoms with van der Waals surface area (Å²) in [5, 5.41) is 2.75. The molecule has 12 heteroatoms. The van der Waals surface area contributed by atoms with Gasteiger partial charge in [-0.2, -0.15) is 0 Å². The van der Waals surface area contributed by atoms with E-state index in [1.54, 1.807) is 0 Å². The van der Waals surface area contributed by atoms with E-state index in [2.05, 4.69) is 147 Å². The van der Waals surface area contributed by atoms with Gasteiger partial charge in [0.25, 0.3) is 0 Å². The van der Waals surface area contributed by atoms with Crippen LogP contribution in [-0.4, -0.2) is 67.7 Å². The van der Waals surface area contributed by atoms with Crippen molar-refractivity contribution in [2.75, 3.05) is 47.7 Å². The monoisotopic (exact) mass is 1100 g/mol. The number of ether oxygens (including phenoxy) is 4. The highest BCUT2D eigenvalue weighted by Crippen LogP contribution is 2.44. The van der Waals surface area contributed by atoms with Crippen LogP contribution in [0.1, 0.15) is 22.8 Å². The van der Waals surface area contributed by atoms with Crippen molar-refractivity contribution in [3.8, 4) is 67.5 Å². The molecule has 0 unspecified atom stereocenters. The lowest BCUT2D eigenvalue weighted by atomic mass is 10.0. The zero-order valence-electron chi connectivity index (χ0n) is 34.6. The molecule has 322 valence electrons. The Hall–Kier alpha value is -5.40. The number of halogens is 4. The van der Waals surface area contributed by atoms with E-state index in [9.17, 15) is 0 Å². The fourth-order valence-electron chi connectivity index (χ4n) is 8.13. The Morgan fingerprint density at radius 2 is 0.562 bits per heavy atom. The van der Waals surface area contributed by atoms with Crippen LogP contribution in [0.5, 0.6) is 23.0 Å². The highest BCUT2D eigenvalue weighted by atomic mass is 79.9. The molecule has 2 aliphatic heterocycles. The van der Waals surface area contributed by atoms with Crippen LogP contribution in [0.4, 0.5) is 0 Å². The van der Waals surface area contributed by atoms with Gasteiger partial charge in [-0.05, 0) is 72.8 Å². The highest BCUT2D eigenvalue weighted by molar-refractivity contribution is 9.09. The van der Waals surface area contributed by atoms with E-state index in [1.165, 1.54) is 0 Å². The second kappa shape index (κ2) is 20.6. The van der Waals surface area contributed by atoms with Gasteiger partial charge in [0.15, 0.2) is 0 Å². The Balaban J connectivity index is 1.46. The summed E-state index contributed by atoms with van der Waals surface area (Å²) in [5.74, 6) is 3.01. The van der Waals surface area contributed by atoms with Crippen molar-refractivity contribution < 1.29 is 18.9 Å². The standard InChI is InChI=1S/C52H42Br4N4O4/c53-25-29-61-45-13-5-1-9-33(45)49-37-17-19-39(57-37)50(34-10-2-6-14-46(34)62-30-26-54)41-21-23-43(59-41)52(36-12-4-8-16-48(36)64-32-28-56)44-24-22-42(60-44)51(40-20-18-38(49)58-40)35-11-3-7-15-47(35)63-31-27-55/h1-24,57,60H,25-32H2. The van der Waals surface area contributed by atoms with E-state index in [4.69, 9.17) is 28.9 Å². The van der Waals surface area contributed by atoms with E-state index in [0.717, 1.165) is 112 Å². The zero-order valence-corrected chi connectivity index (χ0v) is 40.9. The summed E-state index contributed by atoms with van der Waals surface area (Å²) in [7, 11) is 0. The van der Waals surface area contributed by atoms with Gasteiger partial charge in [0.05, 0.1) is 49.2 Å². The lowest BCUT2D eigenvalue weighted by Gasteiger charge is -2.13. The molecule has 2 N–H and O–H groups in total. The summed E-state index contributed by atoms with van der Waals surface area (Å²) in [4.78, 5) is 18.7. The van der Waals surface area contributed by atoms with Gasteiger partial charge in [-0.15, -0.1) is 0 Å². The first kappa shape index (κ1) is 43.8. The molecule has 3 aromatic heterocycles. The van der Waals surface area contributed by atoms with Crippen LogP contribution in [-0.2, 0) is 0 Å². The molecule has 0 radical (unpaired) electrons. The lowest BCUT2D eigenvalue weighted by molar-refractivity contribution is 0.346. The van der Waals surface area contributed by atoms with Gasteiger partial charge in [-0.1, -0.05) is 137 Å². The molecule has 8 nitrogen and oxygen atoms in total. The second-order valence-electron chi connectivity index (χ2n) is 14.6. The summed E-state index contributed by atoms with van der Waals surface area (Å²) in [6.07, 6.45) is 8.35. The van der Waals surface area contributed by atoms with Gasteiger partial charge in [0.1, 0.15) is 23.0 Å². The number of aromatic nitrogens is 4. The van der Waals surface area contributed by atoms with E-state index in [0.29, 0.717) is 47.7 Å². The Kier molecular flexibility index (Phi) is 14.1. The summed E-state index contributed by atoms with van der Waals surface area (Å²) in [5.41, 5.74) is 13.7. The summed E-state index contributed by atoms with van der Waals surface area (Å²) >= 11 is 14.2. The Labute approximate surface area is 405 Å². The van der Waals surface area contributed by atoms with Crippen LogP contribution in [0, 0.1) is 0 Å². The Morgan fingerprint density at radius 1 is 0.328 bits per heavy atom. The van der Waals surface area contributed by atoms with E-state index in [-0.39, 0.29) is 0 Å². The van der Waals surface area contributed by atoms with E-state index < -0.39 is 0 Å². The predicted octanol–water partition coefficient (Wildman–Crippen LogP) is 14.4. The minimum absolute atomic E-state index is 0.498. The molecule has 0 saturated carbocycles. The quantitative estimate of drug-likeness (QED) is 0.0936. The Bertz CT molecular complexity index is 2650. The second-order valence-corrected chi connectivity index (χ2v) is 17.8. The van der Waals surface area contributed by atoms with Crippen molar-refractivity contribution in [2.45, 2.75) is 0 Å². The molecule has 7 aromatic rings. The third-order valence-corrected chi connectivity index (χ3v) is 12.0. The molecule has 64 heavy (non-hydrogen) atoms. The SMILES string of the molecule is BrCCOc1ccccc1-c1c2nc(c(-c3ccccc3OCCBr)c3ccc([nH]3)c(-c3ccccc3OCCBr)c3nc(c(-c4ccccc4OCCBr)c4ccc1[nH]4)C=C3)C=C2. The molecule has 0 atom stereocenters. The van der Waals surface area contributed by atoms with Gasteiger partial charge in [0.2, 0.25) is 0 Å². The number of nitrogens with zero attached hydrogens (tertiary/aromatic N) is 2. The van der Waals surface area contributed by atoms with Crippen LogP contribution >= 0.6 is 63.7 Å². The molecule has 8 bridgehead atoms. The first-order valence-electron chi connectivity index (χ1n) is 20.9. The maximum Gasteiger partial charge on any atom is 0.127 e. The third kappa shape index (κ3) is 9.11. The van der Waals surface area contributed by atoms with Gasteiger partial charge in [-0.25, -0.2) is 9.97 Å². The lowest BCUT2D eigenvalue weighted by Crippen LogP contribution is -2.00. The van der Waals surface area contributed by atoms with E-state index >= 15 is 0 Å². The largest absolute Gasteiger partial charge is 0.492 e. The van der Waals surface area contributed by atoms with Gasteiger partial charge in [0, 0.05) is 87.9 Å². The normalized spacial score (nSPS) is 11.8. The van der Waals surface area contributed by atoms with Crippen molar-refractivity contribution in [1.82, 2.24) is 19.9 Å². The van der Waals surface area contributed by atoms with Gasteiger partial charge in [-0.3, -0.25) is 0 Å². The van der Waals surface area contributed by atoms with Crippen LogP contribution in [0.2, 0.25) is 0 Å². The molecule has 5 heterocycles. The number of alkyl halides is 4. The van der Waals surface area contributed by atoms with Crippen LogP contribution in [0.15, 0.2) is 121 Å². The molecular formula is C52H42Br4N4O4. The molecule has 0 aliphatic carbocycles. The third-order valence-electron chi connectivity index (χ3n) is 10.7. The minimum Gasteiger partial charge on any atom is -0.492 e. The smallest absolute Gasteiger partial charge is 0.127 e. The molecular weight excluding hydrogens is 1060 g/mol. The summed E-state index contributed by atoms with van der Waals surface area (Å²) < 4.78 is 25.6. The molecule has 0 spiro atoms. The molecule has 2 aliphatic rings. The van der Waals surface area contributed by atoms with Crippen molar-refractivity contribution in [2.24, 2.45) is 0 Å². The van der Waals surface area contributed by atoms with Crippen LogP contribution < -0.4 is 18.9 Å². The van der Waals surface area contributed by atoms with Crippen LogP contribution in [0.25, 0.3) is 90.9 Å². The number of benzene rings is 4. The molecule has 4 aromatic carbocycles. The van der Waals surface area contributed by atoms with Crippen LogP contribution in [0.3, 0.4) is 0 Å². The number of aromatic amines is 2. The minimum atomic E-state index is 0.498. The number of nitrogens with one attached hydrogen (secondary N) is 2. The maximum atomic E-state index is 6.39. The van der Waals surface area contributed by atoms with Crippen molar-refractivity contribution in [3.63, 3.8) is 0 Å². The Morgan fingerprint density at radius 3 is 0.797 bits per heavy atom.